The van der Waals surface area contributed by atoms with Gasteiger partial charge in [-0.05, 0) is 5.56 Å². The third kappa shape index (κ3) is 6.50. The molecule has 1 aromatic carbocycles. The van der Waals surface area contributed by atoms with E-state index in [0.717, 1.165) is 37.7 Å². The molecule has 1 heterocycles. The van der Waals surface area contributed by atoms with Crippen LogP contribution in [0.25, 0.3) is 0 Å². The van der Waals surface area contributed by atoms with Gasteiger partial charge in [0.05, 0.1) is 12.7 Å². The van der Waals surface area contributed by atoms with Crippen LogP contribution in [0.1, 0.15) is 12.5 Å². The van der Waals surface area contributed by atoms with Crippen molar-refractivity contribution in [2.75, 3.05) is 38.5 Å². The van der Waals surface area contributed by atoms with Crippen molar-refractivity contribution >= 4 is 17.7 Å². The molecule has 5 heteroatoms. The fourth-order valence-corrected chi connectivity index (χ4v) is 3.28. The molecule has 1 aromatic rings. The fraction of sp³-hybridized carbons (Fsp3) is 0.562. The van der Waals surface area contributed by atoms with E-state index in [-0.39, 0.29) is 12.0 Å². The average Bonchev–Trinajstić information content (AvgIpc) is 2.51. The Morgan fingerprint density at radius 2 is 2.24 bits per heavy atom. The topological polar surface area (TPSA) is 41.6 Å². The first-order valence-electron chi connectivity index (χ1n) is 7.44. The van der Waals surface area contributed by atoms with Crippen molar-refractivity contribution in [1.29, 1.82) is 0 Å². The number of morpholine rings is 1. The monoisotopic (exact) mass is 308 g/mol. The van der Waals surface area contributed by atoms with Crippen molar-refractivity contribution in [3.63, 3.8) is 0 Å². The van der Waals surface area contributed by atoms with Gasteiger partial charge in [0.15, 0.2) is 0 Å². The van der Waals surface area contributed by atoms with Crippen LogP contribution in [0.5, 0.6) is 0 Å². The third-order valence-corrected chi connectivity index (χ3v) is 4.47. The molecule has 1 fully saturated rings. The number of carbonyl (C=O) groups is 1. The highest BCUT2D eigenvalue weighted by atomic mass is 32.2. The normalized spacial score (nSPS) is 19.4. The second-order valence-corrected chi connectivity index (χ2v) is 6.37. The van der Waals surface area contributed by atoms with Gasteiger partial charge >= 0.3 is 0 Å². The van der Waals surface area contributed by atoms with Crippen LogP contribution in [0, 0.1) is 0 Å². The van der Waals surface area contributed by atoms with Gasteiger partial charge in [-0.3, -0.25) is 9.69 Å². The van der Waals surface area contributed by atoms with E-state index in [0.29, 0.717) is 6.54 Å². The molecule has 1 amide bonds. The van der Waals surface area contributed by atoms with Crippen molar-refractivity contribution < 1.29 is 9.53 Å². The summed E-state index contributed by atoms with van der Waals surface area (Å²) in [7, 11) is 0. The zero-order chi connectivity index (χ0) is 14.9. The molecule has 4 nitrogen and oxygen atoms in total. The predicted molar refractivity (Wildman–Crippen MR) is 87.5 cm³/mol. The van der Waals surface area contributed by atoms with Crippen LogP contribution in [-0.2, 0) is 15.3 Å². The Bertz CT molecular complexity index is 428. The predicted octanol–water partition coefficient (Wildman–Crippen LogP) is 1.76. The van der Waals surface area contributed by atoms with Gasteiger partial charge in [0, 0.05) is 44.6 Å². The number of nitrogens with one attached hydrogen (secondary N) is 1. The third-order valence-electron chi connectivity index (χ3n) is 3.46. The van der Waals surface area contributed by atoms with E-state index in [2.05, 4.69) is 40.5 Å². The molecule has 0 aliphatic carbocycles. The Balaban J connectivity index is 1.60. The summed E-state index contributed by atoms with van der Waals surface area (Å²) in [4.78, 5) is 13.4. The van der Waals surface area contributed by atoms with Crippen molar-refractivity contribution in [1.82, 2.24) is 10.2 Å². The van der Waals surface area contributed by atoms with Crippen LogP contribution >= 0.6 is 11.8 Å². The van der Waals surface area contributed by atoms with Gasteiger partial charge in [0.25, 0.3) is 0 Å². The van der Waals surface area contributed by atoms with E-state index in [1.54, 1.807) is 6.92 Å². The first kappa shape index (κ1) is 16.3. The number of carbonyl (C=O) groups excluding carboxylic acids is 1. The average molecular weight is 308 g/mol. The van der Waals surface area contributed by atoms with Crippen LogP contribution in [0.15, 0.2) is 30.3 Å². The second-order valence-electron chi connectivity index (χ2n) is 5.27. The summed E-state index contributed by atoms with van der Waals surface area (Å²) in [5.74, 6) is 2.21. The van der Waals surface area contributed by atoms with Gasteiger partial charge in [-0.15, -0.1) is 0 Å². The Morgan fingerprint density at radius 1 is 1.43 bits per heavy atom. The van der Waals surface area contributed by atoms with Crippen molar-refractivity contribution in [2.45, 2.75) is 18.8 Å². The lowest BCUT2D eigenvalue weighted by molar-refractivity contribution is -0.120. The molecule has 1 aliphatic rings. The van der Waals surface area contributed by atoms with Crippen molar-refractivity contribution in [3.8, 4) is 0 Å². The summed E-state index contributed by atoms with van der Waals surface area (Å²) >= 11 is 1.97. The first-order valence-corrected chi connectivity index (χ1v) is 8.59. The molecule has 0 saturated carbocycles. The largest absolute Gasteiger partial charge is 0.374 e. The quantitative estimate of drug-likeness (QED) is 0.779. The maximum Gasteiger partial charge on any atom is 0.216 e. The van der Waals surface area contributed by atoms with Crippen LogP contribution in [-0.4, -0.2) is 55.4 Å². The van der Waals surface area contributed by atoms with E-state index in [1.807, 2.05) is 11.8 Å². The molecule has 1 N–H and O–H groups in total. The molecule has 0 radical (unpaired) electrons. The molecular weight excluding hydrogens is 284 g/mol. The summed E-state index contributed by atoms with van der Waals surface area (Å²) in [5.41, 5.74) is 1.38. The summed E-state index contributed by atoms with van der Waals surface area (Å²) in [6.45, 7) is 5.89. The van der Waals surface area contributed by atoms with E-state index in [4.69, 9.17) is 4.74 Å². The van der Waals surface area contributed by atoms with E-state index >= 15 is 0 Å². The Hall–Kier alpha value is -1.04. The molecule has 0 bridgehead atoms. The number of benzene rings is 1. The smallest absolute Gasteiger partial charge is 0.216 e. The zero-order valence-electron chi connectivity index (χ0n) is 12.6. The van der Waals surface area contributed by atoms with E-state index in [9.17, 15) is 4.79 Å². The number of hydrogen-bond acceptors (Lipinski definition) is 4. The number of rotatable bonds is 7. The lowest BCUT2D eigenvalue weighted by atomic mass is 10.2. The van der Waals surface area contributed by atoms with Gasteiger partial charge in [0.1, 0.15) is 0 Å². The summed E-state index contributed by atoms with van der Waals surface area (Å²) in [5, 5.41) is 2.83. The van der Waals surface area contributed by atoms with Crippen LogP contribution in [0.2, 0.25) is 0 Å². The minimum Gasteiger partial charge on any atom is -0.374 e. The Labute approximate surface area is 131 Å². The molecular formula is C16H24N2O2S. The lowest BCUT2D eigenvalue weighted by Gasteiger charge is -2.32. The van der Waals surface area contributed by atoms with Crippen LogP contribution in [0.4, 0.5) is 0 Å². The molecule has 1 unspecified atom stereocenters. The molecule has 1 atom stereocenters. The summed E-state index contributed by atoms with van der Waals surface area (Å²) in [6.07, 6.45) is 0.127. The SMILES string of the molecule is CC(=O)NCC1CN(CCSCc2ccccc2)CCO1. The van der Waals surface area contributed by atoms with Gasteiger partial charge in [-0.2, -0.15) is 11.8 Å². The molecule has 1 aliphatic heterocycles. The lowest BCUT2D eigenvalue weighted by Crippen LogP contribution is -2.47. The van der Waals surface area contributed by atoms with Crippen LogP contribution in [0.3, 0.4) is 0 Å². The molecule has 2 rings (SSSR count). The molecule has 0 spiro atoms. The van der Waals surface area contributed by atoms with Crippen LogP contribution < -0.4 is 5.32 Å². The molecule has 0 aromatic heterocycles. The molecule has 21 heavy (non-hydrogen) atoms. The van der Waals surface area contributed by atoms with Gasteiger partial charge < -0.3 is 10.1 Å². The number of thioether (sulfide) groups is 1. The van der Waals surface area contributed by atoms with Gasteiger partial charge in [-0.1, -0.05) is 30.3 Å². The Morgan fingerprint density at radius 3 is 3.00 bits per heavy atom. The molecule has 116 valence electrons. The fourth-order valence-electron chi connectivity index (χ4n) is 2.32. The highest BCUT2D eigenvalue weighted by Gasteiger charge is 2.19. The summed E-state index contributed by atoms with van der Waals surface area (Å²) in [6, 6.07) is 10.6. The highest BCUT2D eigenvalue weighted by molar-refractivity contribution is 7.98. The molecule has 1 saturated heterocycles. The number of hydrogen-bond donors (Lipinski definition) is 1. The highest BCUT2D eigenvalue weighted by Crippen LogP contribution is 2.13. The van der Waals surface area contributed by atoms with E-state index in [1.165, 1.54) is 5.56 Å². The number of ether oxygens (including phenoxy) is 1. The zero-order valence-corrected chi connectivity index (χ0v) is 13.4. The summed E-state index contributed by atoms with van der Waals surface area (Å²) < 4.78 is 5.67. The van der Waals surface area contributed by atoms with Gasteiger partial charge in [-0.25, -0.2) is 0 Å². The number of nitrogens with zero attached hydrogens (tertiary/aromatic N) is 1. The minimum atomic E-state index is 0.00846. The van der Waals surface area contributed by atoms with Crippen molar-refractivity contribution in [2.24, 2.45) is 0 Å². The minimum absolute atomic E-state index is 0.00846. The second kappa shape index (κ2) is 9.07. The van der Waals surface area contributed by atoms with E-state index < -0.39 is 0 Å². The van der Waals surface area contributed by atoms with Crippen molar-refractivity contribution in [3.05, 3.63) is 35.9 Å². The Kier molecular flexibility index (Phi) is 7.06. The maximum atomic E-state index is 10.9. The number of amides is 1. The maximum absolute atomic E-state index is 10.9. The van der Waals surface area contributed by atoms with Gasteiger partial charge in [0.2, 0.25) is 5.91 Å². The first-order chi connectivity index (χ1) is 10.2. The standard InChI is InChI=1S/C16H24N2O2S/c1-14(19)17-11-16-12-18(7-9-20-16)8-10-21-13-15-5-3-2-4-6-15/h2-6,16H,7-13H2,1H3,(H,17,19).